The predicted molar refractivity (Wildman–Crippen MR) is 118 cm³/mol. The SMILES string of the molecule is Cc1[nH]c(=O)[nH]c(=O)c1CCC(=O)NC(C)c1cccc(NC(=O)c2ccccc2)c1. The van der Waals surface area contributed by atoms with Crippen molar-refractivity contribution in [2.45, 2.75) is 32.7 Å². The van der Waals surface area contributed by atoms with Crippen molar-refractivity contribution in [3.8, 4) is 0 Å². The number of H-pyrrole nitrogens is 2. The Morgan fingerprint density at radius 3 is 2.45 bits per heavy atom. The van der Waals surface area contributed by atoms with Crippen molar-refractivity contribution in [2.24, 2.45) is 0 Å². The maximum absolute atomic E-state index is 12.4. The third-order valence-corrected chi connectivity index (χ3v) is 4.91. The molecule has 0 aliphatic carbocycles. The van der Waals surface area contributed by atoms with Crippen LogP contribution in [0.25, 0.3) is 0 Å². The van der Waals surface area contributed by atoms with Gasteiger partial charge in [-0.1, -0.05) is 30.3 Å². The molecule has 0 bridgehead atoms. The molecule has 3 rings (SSSR count). The Kier molecular flexibility index (Phi) is 6.81. The quantitative estimate of drug-likeness (QED) is 0.469. The molecule has 8 nitrogen and oxygen atoms in total. The van der Waals surface area contributed by atoms with E-state index >= 15 is 0 Å². The van der Waals surface area contributed by atoms with Gasteiger partial charge in [-0.15, -0.1) is 0 Å². The summed E-state index contributed by atoms with van der Waals surface area (Å²) in [7, 11) is 0. The average molecular weight is 420 g/mol. The highest BCUT2D eigenvalue weighted by atomic mass is 16.2. The molecule has 0 spiro atoms. The number of aryl methyl sites for hydroxylation is 1. The minimum atomic E-state index is -0.566. The molecule has 0 fully saturated rings. The predicted octanol–water partition coefficient (Wildman–Crippen LogP) is 2.43. The number of amides is 2. The van der Waals surface area contributed by atoms with Gasteiger partial charge in [0.1, 0.15) is 0 Å². The van der Waals surface area contributed by atoms with Crippen molar-refractivity contribution in [1.29, 1.82) is 0 Å². The fourth-order valence-corrected chi connectivity index (χ4v) is 3.24. The maximum Gasteiger partial charge on any atom is 0.325 e. The highest BCUT2D eigenvalue weighted by molar-refractivity contribution is 6.04. The molecule has 2 aromatic carbocycles. The summed E-state index contributed by atoms with van der Waals surface area (Å²) >= 11 is 0. The van der Waals surface area contributed by atoms with Crippen LogP contribution in [0.3, 0.4) is 0 Å². The van der Waals surface area contributed by atoms with E-state index in [1.54, 1.807) is 37.3 Å². The van der Waals surface area contributed by atoms with Crippen molar-refractivity contribution in [2.75, 3.05) is 5.32 Å². The van der Waals surface area contributed by atoms with Gasteiger partial charge in [0, 0.05) is 28.9 Å². The molecule has 3 aromatic rings. The summed E-state index contributed by atoms with van der Waals surface area (Å²) in [5.74, 6) is -0.438. The van der Waals surface area contributed by atoms with Gasteiger partial charge in [0.05, 0.1) is 6.04 Å². The summed E-state index contributed by atoms with van der Waals surface area (Å²) in [5, 5.41) is 5.74. The van der Waals surface area contributed by atoms with Crippen LogP contribution in [0.2, 0.25) is 0 Å². The lowest BCUT2D eigenvalue weighted by atomic mass is 10.1. The number of carbonyl (C=O) groups is 2. The maximum atomic E-state index is 12.4. The van der Waals surface area contributed by atoms with Crippen LogP contribution < -0.4 is 21.9 Å². The van der Waals surface area contributed by atoms with Crippen LogP contribution in [0, 0.1) is 6.92 Å². The number of anilines is 1. The summed E-state index contributed by atoms with van der Waals surface area (Å²) in [4.78, 5) is 52.6. The molecule has 1 unspecified atom stereocenters. The van der Waals surface area contributed by atoms with Crippen molar-refractivity contribution < 1.29 is 9.59 Å². The van der Waals surface area contributed by atoms with E-state index in [2.05, 4.69) is 20.6 Å². The normalized spacial score (nSPS) is 11.5. The van der Waals surface area contributed by atoms with Crippen molar-refractivity contribution >= 4 is 17.5 Å². The lowest BCUT2D eigenvalue weighted by Crippen LogP contribution is -2.30. The second-order valence-electron chi connectivity index (χ2n) is 7.25. The van der Waals surface area contributed by atoms with Crippen molar-refractivity contribution in [3.05, 3.63) is 97.8 Å². The lowest BCUT2D eigenvalue weighted by molar-refractivity contribution is -0.121. The lowest BCUT2D eigenvalue weighted by Gasteiger charge is -2.16. The number of benzene rings is 2. The van der Waals surface area contributed by atoms with E-state index in [0.29, 0.717) is 22.5 Å². The number of hydrogen-bond donors (Lipinski definition) is 4. The smallest absolute Gasteiger partial charge is 0.325 e. The van der Waals surface area contributed by atoms with E-state index in [4.69, 9.17) is 0 Å². The van der Waals surface area contributed by atoms with Gasteiger partial charge >= 0.3 is 5.69 Å². The molecule has 31 heavy (non-hydrogen) atoms. The molecule has 2 amide bonds. The Hall–Kier alpha value is -3.94. The number of aromatic nitrogens is 2. The van der Waals surface area contributed by atoms with Crippen LogP contribution in [0.1, 0.15) is 46.6 Å². The van der Waals surface area contributed by atoms with Gasteiger partial charge in [0.15, 0.2) is 0 Å². The first kappa shape index (κ1) is 21.8. The van der Waals surface area contributed by atoms with Crippen LogP contribution in [0.5, 0.6) is 0 Å². The van der Waals surface area contributed by atoms with Gasteiger partial charge in [-0.2, -0.15) is 0 Å². The van der Waals surface area contributed by atoms with E-state index in [0.717, 1.165) is 5.56 Å². The highest BCUT2D eigenvalue weighted by Gasteiger charge is 2.13. The monoisotopic (exact) mass is 420 g/mol. The van der Waals surface area contributed by atoms with E-state index < -0.39 is 11.2 Å². The van der Waals surface area contributed by atoms with E-state index in [1.807, 2.05) is 31.2 Å². The molecule has 0 aliphatic heterocycles. The molecule has 1 heterocycles. The van der Waals surface area contributed by atoms with Crippen LogP contribution in [0.15, 0.2) is 64.2 Å². The Morgan fingerprint density at radius 1 is 1.00 bits per heavy atom. The molecule has 0 aliphatic rings. The molecule has 160 valence electrons. The molecule has 0 saturated heterocycles. The zero-order valence-electron chi connectivity index (χ0n) is 17.3. The average Bonchev–Trinajstić information content (AvgIpc) is 2.73. The van der Waals surface area contributed by atoms with Crippen LogP contribution in [-0.4, -0.2) is 21.8 Å². The zero-order valence-corrected chi connectivity index (χ0v) is 17.3. The molecule has 1 aromatic heterocycles. The molecule has 1 atom stereocenters. The Labute approximate surface area is 178 Å². The van der Waals surface area contributed by atoms with Crippen molar-refractivity contribution in [3.63, 3.8) is 0 Å². The zero-order chi connectivity index (χ0) is 22.4. The Morgan fingerprint density at radius 2 is 1.74 bits per heavy atom. The van der Waals surface area contributed by atoms with Gasteiger partial charge < -0.3 is 15.6 Å². The molecule has 0 radical (unpaired) electrons. The molecule has 8 heteroatoms. The summed E-state index contributed by atoms with van der Waals surface area (Å²) in [6, 6.07) is 15.9. The van der Waals surface area contributed by atoms with E-state index in [1.165, 1.54) is 0 Å². The van der Waals surface area contributed by atoms with Gasteiger partial charge in [0.2, 0.25) is 5.91 Å². The fraction of sp³-hybridized carbons (Fsp3) is 0.217. The molecular weight excluding hydrogens is 396 g/mol. The largest absolute Gasteiger partial charge is 0.350 e. The minimum absolute atomic E-state index is 0.102. The summed E-state index contributed by atoms with van der Waals surface area (Å²) in [6.07, 6.45) is 0.314. The number of carbonyl (C=O) groups excluding carboxylic acids is 2. The molecule has 0 saturated carbocycles. The third-order valence-electron chi connectivity index (χ3n) is 4.91. The second-order valence-corrected chi connectivity index (χ2v) is 7.25. The van der Waals surface area contributed by atoms with Crippen molar-refractivity contribution in [1.82, 2.24) is 15.3 Å². The minimum Gasteiger partial charge on any atom is -0.350 e. The summed E-state index contributed by atoms with van der Waals surface area (Å²) in [5.41, 5.74) is 1.80. The van der Waals surface area contributed by atoms with Gasteiger partial charge in [-0.05, 0) is 50.1 Å². The molecule has 4 N–H and O–H groups in total. The van der Waals surface area contributed by atoms with Crippen LogP contribution >= 0.6 is 0 Å². The number of nitrogens with one attached hydrogen (secondary N) is 4. The van der Waals surface area contributed by atoms with Crippen LogP contribution in [-0.2, 0) is 11.2 Å². The summed E-state index contributed by atoms with van der Waals surface area (Å²) in [6.45, 7) is 3.47. The second kappa shape index (κ2) is 9.71. The topological polar surface area (TPSA) is 124 Å². The number of hydrogen-bond acceptors (Lipinski definition) is 4. The van der Waals surface area contributed by atoms with Gasteiger partial charge in [-0.3, -0.25) is 19.4 Å². The first-order valence-corrected chi connectivity index (χ1v) is 9.91. The first-order chi connectivity index (χ1) is 14.8. The van der Waals surface area contributed by atoms with E-state index in [9.17, 15) is 19.2 Å². The standard InChI is InChI=1S/C23H24N4O4/c1-14(24-20(28)12-11-19-15(2)25-23(31)27-22(19)30)17-9-6-10-18(13-17)26-21(29)16-7-4-3-5-8-16/h3-10,13-14H,11-12H2,1-2H3,(H,24,28)(H,26,29)(H2,25,27,30,31). The third kappa shape index (κ3) is 5.79. The Balaban J connectivity index is 1.60. The molecular formula is C23H24N4O4. The van der Waals surface area contributed by atoms with Gasteiger partial charge in [-0.25, -0.2) is 4.79 Å². The van der Waals surface area contributed by atoms with Gasteiger partial charge in [0.25, 0.3) is 11.5 Å². The Bertz CT molecular complexity index is 1200. The number of aromatic amines is 2. The summed E-state index contributed by atoms with van der Waals surface area (Å²) < 4.78 is 0. The first-order valence-electron chi connectivity index (χ1n) is 9.91. The fourth-order valence-electron chi connectivity index (χ4n) is 3.24. The van der Waals surface area contributed by atoms with Crippen LogP contribution in [0.4, 0.5) is 5.69 Å². The number of rotatable bonds is 7. The van der Waals surface area contributed by atoms with E-state index in [-0.39, 0.29) is 30.7 Å². The highest BCUT2D eigenvalue weighted by Crippen LogP contribution is 2.18.